The molecule has 32 heavy (non-hydrogen) atoms. The molecule has 0 aromatic heterocycles. The van der Waals surface area contributed by atoms with E-state index in [1.165, 1.54) is 17.8 Å². The second kappa shape index (κ2) is 13.5. The van der Waals surface area contributed by atoms with Gasteiger partial charge in [0.05, 0.1) is 40.0 Å². The Morgan fingerprint density at radius 1 is 1.31 bits per heavy atom. The first-order chi connectivity index (χ1) is 15.3. The van der Waals surface area contributed by atoms with Crippen molar-refractivity contribution < 1.29 is 14.3 Å². The van der Waals surface area contributed by atoms with E-state index < -0.39 is 5.91 Å². The maximum Gasteiger partial charge on any atom is 0.230 e. The highest BCUT2D eigenvalue weighted by Gasteiger charge is 2.21. The molecule has 0 bridgehead atoms. The number of primary amides is 1. The van der Waals surface area contributed by atoms with Crippen LogP contribution in [0.5, 0.6) is 0 Å². The number of carbonyl (C=O) groups excluding carboxylic acids is 2. The van der Waals surface area contributed by atoms with Crippen LogP contribution < -0.4 is 16.8 Å². The summed E-state index contributed by atoms with van der Waals surface area (Å²) < 4.78 is 5.77. The van der Waals surface area contributed by atoms with Crippen LogP contribution in [0.15, 0.2) is 46.1 Å². The Hall–Kier alpha value is -2.04. The van der Waals surface area contributed by atoms with Gasteiger partial charge in [-0.1, -0.05) is 41.0 Å². The Morgan fingerprint density at radius 3 is 2.78 bits per heavy atom. The number of allylic oxidation sites excluding steroid dienone is 2. The van der Waals surface area contributed by atoms with Crippen LogP contribution in [0.3, 0.4) is 0 Å². The first kappa shape index (κ1) is 26.2. The third-order valence-electron chi connectivity index (χ3n) is 4.47. The number of hydrogen-bond acceptors (Lipinski definition) is 7. The molecule has 1 aliphatic heterocycles. The van der Waals surface area contributed by atoms with Crippen molar-refractivity contribution in [3.05, 3.63) is 56.7 Å². The standard InChI is InChI=1S/C21H27Cl2N5O3S/c1-26-21(5-3-15(24)9-19(25)29)32-13-20(30)27-10-16-12-28(6-7-31-16)11-14-2-4-17(22)18(23)8-14/h2-5,8,16H,1,6-7,9-13,24H2,(H2,25,29)(H,27,30)/b15-3-,21-5+/t16-/m0/s1. The van der Waals surface area contributed by atoms with Gasteiger partial charge >= 0.3 is 0 Å². The fourth-order valence-electron chi connectivity index (χ4n) is 2.95. The van der Waals surface area contributed by atoms with Gasteiger partial charge in [0.1, 0.15) is 0 Å². The molecule has 11 heteroatoms. The highest BCUT2D eigenvalue weighted by Crippen LogP contribution is 2.23. The summed E-state index contributed by atoms with van der Waals surface area (Å²) in [5.74, 6) is -0.509. The maximum absolute atomic E-state index is 12.2. The summed E-state index contributed by atoms with van der Waals surface area (Å²) in [7, 11) is 0. The van der Waals surface area contributed by atoms with E-state index in [-0.39, 0.29) is 24.2 Å². The quantitative estimate of drug-likeness (QED) is 0.317. The fourth-order valence-corrected chi connectivity index (χ4v) is 3.90. The van der Waals surface area contributed by atoms with Gasteiger partial charge in [-0.25, -0.2) is 0 Å². The molecule has 0 unspecified atom stereocenters. The van der Waals surface area contributed by atoms with Crippen molar-refractivity contribution in [2.75, 3.05) is 32.0 Å². The number of nitrogens with one attached hydrogen (secondary N) is 1. The second-order valence-corrected chi connectivity index (χ2v) is 8.93. The highest BCUT2D eigenvalue weighted by atomic mass is 35.5. The molecule has 1 aliphatic rings. The number of aliphatic imine (C=N–C) groups is 1. The lowest BCUT2D eigenvalue weighted by atomic mass is 10.2. The lowest BCUT2D eigenvalue weighted by Crippen LogP contribution is -2.47. The minimum atomic E-state index is -0.521. The molecule has 1 saturated heterocycles. The summed E-state index contributed by atoms with van der Waals surface area (Å²) in [6.07, 6.45) is 2.96. The topological polar surface area (TPSA) is 123 Å². The monoisotopic (exact) mass is 499 g/mol. The molecule has 1 aromatic rings. The second-order valence-electron chi connectivity index (χ2n) is 7.12. The number of thioether (sulfide) groups is 1. The maximum atomic E-state index is 12.2. The van der Waals surface area contributed by atoms with Gasteiger partial charge in [-0.2, -0.15) is 0 Å². The Bertz CT molecular complexity index is 894. The molecule has 0 radical (unpaired) electrons. The summed E-state index contributed by atoms with van der Waals surface area (Å²) in [5, 5.41) is 4.46. The predicted octanol–water partition coefficient (Wildman–Crippen LogP) is 2.30. The summed E-state index contributed by atoms with van der Waals surface area (Å²) in [5.41, 5.74) is 12.1. The number of amides is 2. The number of halogens is 2. The van der Waals surface area contributed by atoms with E-state index in [1.54, 1.807) is 12.1 Å². The van der Waals surface area contributed by atoms with Crippen LogP contribution in [0.2, 0.25) is 10.0 Å². The molecular formula is C21H27Cl2N5O3S. The van der Waals surface area contributed by atoms with E-state index in [2.05, 4.69) is 21.9 Å². The van der Waals surface area contributed by atoms with Gasteiger partial charge in [0.2, 0.25) is 11.8 Å². The van der Waals surface area contributed by atoms with E-state index in [0.717, 1.165) is 18.7 Å². The van der Waals surface area contributed by atoms with Crippen molar-refractivity contribution in [3.63, 3.8) is 0 Å². The molecule has 5 N–H and O–H groups in total. The lowest BCUT2D eigenvalue weighted by molar-refractivity contribution is -0.120. The Morgan fingerprint density at radius 2 is 2.09 bits per heavy atom. The SMILES string of the molecule is C=N/C(=C\C=C(/N)CC(N)=O)SCC(=O)NC[C@H]1CN(Cc2ccc(Cl)c(Cl)c2)CCO1. The molecule has 0 saturated carbocycles. The van der Waals surface area contributed by atoms with Crippen molar-refractivity contribution in [2.24, 2.45) is 16.5 Å². The molecule has 2 rings (SSSR count). The summed E-state index contributed by atoms with van der Waals surface area (Å²) in [6.45, 7) is 6.69. The van der Waals surface area contributed by atoms with E-state index >= 15 is 0 Å². The summed E-state index contributed by atoms with van der Waals surface area (Å²) in [6, 6.07) is 5.60. The molecule has 1 fully saturated rings. The number of rotatable bonds is 11. The first-order valence-electron chi connectivity index (χ1n) is 9.85. The van der Waals surface area contributed by atoms with Crippen LogP contribution in [0.1, 0.15) is 12.0 Å². The van der Waals surface area contributed by atoms with Crippen molar-refractivity contribution in [3.8, 4) is 0 Å². The van der Waals surface area contributed by atoms with Crippen LogP contribution >= 0.6 is 35.0 Å². The smallest absolute Gasteiger partial charge is 0.230 e. The number of carbonyl (C=O) groups is 2. The van der Waals surface area contributed by atoms with Gasteiger partial charge in [0.15, 0.2) is 0 Å². The van der Waals surface area contributed by atoms with Crippen molar-refractivity contribution in [1.29, 1.82) is 0 Å². The number of nitrogens with two attached hydrogens (primary N) is 2. The average molecular weight is 500 g/mol. The van der Waals surface area contributed by atoms with Crippen LogP contribution in [-0.2, 0) is 20.9 Å². The minimum Gasteiger partial charge on any atom is -0.402 e. The predicted molar refractivity (Wildman–Crippen MR) is 131 cm³/mol. The molecule has 174 valence electrons. The number of benzene rings is 1. The van der Waals surface area contributed by atoms with Gasteiger partial charge in [-0.15, -0.1) is 0 Å². The summed E-state index contributed by atoms with van der Waals surface area (Å²) in [4.78, 5) is 29.2. The average Bonchev–Trinajstić information content (AvgIpc) is 2.75. The largest absolute Gasteiger partial charge is 0.402 e. The zero-order valence-electron chi connectivity index (χ0n) is 17.6. The molecule has 8 nitrogen and oxygen atoms in total. The van der Waals surface area contributed by atoms with Gasteiger partial charge in [0.25, 0.3) is 0 Å². The molecule has 0 aliphatic carbocycles. The van der Waals surface area contributed by atoms with E-state index in [4.69, 9.17) is 39.4 Å². The molecule has 0 spiro atoms. The Balaban J connectivity index is 1.76. The zero-order chi connectivity index (χ0) is 23.5. The third-order valence-corrected chi connectivity index (χ3v) is 6.17. The molecule has 1 atom stereocenters. The van der Waals surface area contributed by atoms with E-state index in [1.807, 2.05) is 12.1 Å². The van der Waals surface area contributed by atoms with Crippen LogP contribution in [-0.4, -0.2) is 61.5 Å². The van der Waals surface area contributed by atoms with E-state index in [9.17, 15) is 9.59 Å². The number of hydrogen-bond donors (Lipinski definition) is 3. The van der Waals surface area contributed by atoms with Gasteiger partial charge in [-0.3, -0.25) is 19.5 Å². The molecular weight excluding hydrogens is 473 g/mol. The van der Waals surface area contributed by atoms with Crippen LogP contribution in [0, 0.1) is 0 Å². The number of morpholine rings is 1. The number of nitrogens with zero attached hydrogens (tertiary/aromatic N) is 2. The lowest BCUT2D eigenvalue weighted by Gasteiger charge is -2.33. The van der Waals surface area contributed by atoms with Crippen molar-refractivity contribution in [2.45, 2.75) is 19.1 Å². The minimum absolute atomic E-state index is 0.0461. The normalized spacial score (nSPS) is 17.8. The van der Waals surface area contributed by atoms with Gasteiger partial charge in [-0.05, 0) is 36.6 Å². The van der Waals surface area contributed by atoms with Crippen molar-refractivity contribution >= 4 is 53.5 Å². The van der Waals surface area contributed by atoms with Gasteiger partial charge in [0, 0.05) is 31.9 Å². The highest BCUT2D eigenvalue weighted by molar-refractivity contribution is 8.03. The van der Waals surface area contributed by atoms with Crippen molar-refractivity contribution in [1.82, 2.24) is 10.2 Å². The first-order valence-corrected chi connectivity index (χ1v) is 11.6. The van der Waals surface area contributed by atoms with E-state index in [0.29, 0.717) is 40.5 Å². The van der Waals surface area contributed by atoms with Crippen LogP contribution in [0.4, 0.5) is 0 Å². The molecule has 2 amide bonds. The third kappa shape index (κ3) is 9.62. The molecule has 1 aromatic carbocycles. The zero-order valence-corrected chi connectivity index (χ0v) is 19.9. The Kier molecular flexibility index (Phi) is 11.1. The fraction of sp³-hybridized carbons (Fsp3) is 0.381. The number of ether oxygens (including phenoxy) is 1. The summed E-state index contributed by atoms with van der Waals surface area (Å²) >= 11 is 13.3. The Labute approximate surface area is 202 Å². The van der Waals surface area contributed by atoms with Crippen LogP contribution in [0.25, 0.3) is 0 Å². The van der Waals surface area contributed by atoms with Gasteiger partial charge < -0.3 is 21.5 Å². The molecule has 1 heterocycles.